The lowest BCUT2D eigenvalue weighted by Crippen LogP contribution is -2.41. The Morgan fingerprint density at radius 3 is 2.41 bits per heavy atom. The summed E-state index contributed by atoms with van der Waals surface area (Å²) < 4.78 is 2.15. The fourth-order valence-electron chi connectivity index (χ4n) is 4.10. The van der Waals surface area contributed by atoms with Crippen LogP contribution in [0.2, 0.25) is 0 Å². The number of aromatic nitrogens is 3. The van der Waals surface area contributed by atoms with Crippen LogP contribution >= 0.6 is 0 Å². The molecule has 2 heterocycles. The van der Waals surface area contributed by atoms with Crippen LogP contribution in [0.15, 0.2) is 6.20 Å². The first-order valence-corrected chi connectivity index (χ1v) is 9.51. The number of aryl methyl sites for hydroxylation is 1. The van der Waals surface area contributed by atoms with E-state index in [1.54, 1.807) is 0 Å². The number of unbranched alkanes of at least 4 members (excludes halogenated alkanes) is 1. The molecule has 1 saturated carbocycles. The molecule has 0 atom stereocenters. The van der Waals surface area contributed by atoms with E-state index in [1.807, 2.05) is 0 Å². The Morgan fingerprint density at radius 2 is 1.73 bits per heavy atom. The van der Waals surface area contributed by atoms with Crippen LogP contribution in [0.5, 0.6) is 0 Å². The Balaban J connectivity index is 1.49. The molecule has 0 spiro atoms. The molecule has 0 amide bonds. The summed E-state index contributed by atoms with van der Waals surface area (Å²) in [5, 5.41) is 8.74. The van der Waals surface area contributed by atoms with E-state index in [-0.39, 0.29) is 0 Å². The topological polar surface area (TPSA) is 34.0 Å². The smallest absolute Gasteiger partial charge is 0.0827 e. The van der Waals surface area contributed by atoms with Gasteiger partial charge in [-0.2, -0.15) is 0 Å². The number of piperidine rings is 1. The van der Waals surface area contributed by atoms with Gasteiger partial charge in [-0.3, -0.25) is 0 Å². The summed E-state index contributed by atoms with van der Waals surface area (Å²) in [5.74, 6) is 0. The summed E-state index contributed by atoms with van der Waals surface area (Å²) in [6.07, 6.45) is 16.8. The van der Waals surface area contributed by atoms with Crippen molar-refractivity contribution < 1.29 is 0 Å². The normalized spacial score (nSPS) is 22.8. The van der Waals surface area contributed by atoms with Gasteiger partial charge in [0.05, 0.1) is 11.7 Å². The molecular weight excluding hydrogens is 272 g/mol. The van der Waals surface area contributed by atoms with E-state index in [9.17, 15) is 0 Å². The molecule has 2 aliphatic rings. The van der Waals surface area contributed by atoms with Crippen LogP contribution in [0, 0.1) is 0 Å². The molecule has 22 heavy (non-hydrogen) atoms. The number of rotatable bonds is 5. The standard InChI is InChI=1S/C18H32N4/c1-2-3-8-16-15-22(20-19-16)18-11-13-21(14-12-18)17-9-6-4-5-7-10-17/h15,17-18H,2-14H2,1H3. The molecule has 1 aromatic heterocycles. The Morgan fingerprint density at radius 1 is 1.00 bits per heavy atom. The van der Waals surface area contributed by atoms with E-state index < -0.39 is 0 Å². The molecule has 124 valence electrons. The maximum atomic E-state index is 4.39. The zero-order valence-electron chi connectivity index (χ0n) is 14.2. The number of nitrogens with zero attached hydrogens (tertiary/aromatic N) is 4. The van der Waals surface area contributed by atoms with Crippen LogP contribution in [-0.4, -0.2) is 39.0 Å². The second kappa shape index (κ2) is 8.09. The molecule has 0 N–H and O–H groups in total. The third-order valence-corrected chi connectivity index (χ3v) is 5.56. The Hall–Kier alpha value is -0.900. The Kier molecular flexibility index (Phi) is 5.88. The minimum atomic E-state index is 0.574. The van der Waals surface area contributed by atoms with Crippen LogP contribution in [0.3, 0.4) is 0 Å². The number of likely N-dealkylation sites (tertiary alicyclic amines) is 1. The highest BCUT2D eigenvalue weighted by atomic mass is 15.4. The van der Waals surface area contributed by atoms with Crippen molar-refractivity contribution in [1.29, 1.82) is 0 Å². The van der Waals surface area contributed by atoms with Crippen LogP contribution in [0.1, 0.15) is 82.9 Å². The lowest BCUT2D eigenvalue weighted by molar-refractivity contribution is 0.119. The number of hydrogen-bond acceptors (Lipinski definition) is 3. The van der Waals surface area contributed by atoms with E-state index in [0.29, 0.717) is 6.04 Å². The maximum Gasteiger partial charge on any atom is 0.0827 e. The predicted octanol–water partition coefficient (Wildman–Crippen LogP) is 3.98. The third kappa shape index (κ3) is 4.09. The molecule has 0 bridgehead atoms. The third-order valence-electron chi connectivity index (χ3n) is 5.56. The van der Waals surface area contributed by atoms with Crippen molar-refractivity contribution in [2.24, 2.45) is 0 Å². The van der Waals surface area contributed by atoms with Crippen LogP contribution in [-0.2, 0) is 6.42 Å². The van der Waals surface area contributed by atoms with Gasteiger partial charge in [-0.25, -0.2) is 4.68 Å². The first-order valence-electron chi connectivity index (χ1n) is 9.51. The molecule has 0 radical (unpaired) electrons. The molecular formula is C18H32N4. The van der Waals surface area contributed by atoms with Gasteiger partial charge in [0.25, 0.3) is 0 Å². The van der Waals surface area contributed by atoms with Crippen molar-refractivity contribution in [2.45, 2.75) is 89.6 Å². The molecule has 1 aromatic rings. The SMILES string of the molecule is CCCCc1cn(C2CCN(C3CCCCCC3)CC2)nn1. The molecule has 1 aliphatic heterocycles. The second-order valence-electron chi connectivity index (χ2n) is 7.21. The van der Waals surface area contributed by atoms with Crippen LogP contribution in [0.4, 0.5) is 0 Å². The van der Waals surface area contributed by atoms with Gasteiger partial charge in [0.15, 0.2) is 0 Å². The molecule has 0 aromatic carbocycles. The minimum absolute atomic E-state index is 0.574. The van der Waals surface area contributed by atoms with Crippen molar-refractivity contribution in [2.75, 3.05) is 13.1 Å². The second-order valence-corrected chi connectivity index (χ2v) is 7.21. The minimum Gasteiger partial charge on any atom is -0.300 e. The van der Waals surface area contributed by atoms with Crippen LogP contribution < -0.4 is 0 Å². The summed E-state index contributed by atoms with van der Waals surface area (Å²) in [6.45, 7) is 4.73. The first kappa shape index (κ1) is 16.0. The van der Waals surface area contributed by atoms with Gasteiger partial charge in [0.1, 0.15) is 0 Å². The molecule has 1 saturated heterocycles. The average molecular weight is 304 g/mol. The Labute approximate surface area is 135 Å². The summed E-state index contributed by atoms with van der Waals surface area (Å²) >= 11 is 0. The van der Waals surface area contributed by atoms with E-state index in [1.165, 1.54) is 83.0 Å². The molecule has 3 rings (SSSR count). The zero-order valence-corrected chi connectivity index (χ0v) is 14.2. The highest BCUT2D eigenvalue weighted by Crippen LogP contribution is 2.28. The van der Waals surface area contributed by atoms with E-state index >= 15 is 0 Å². The average Bonchev–Trinajstić information content (AvgIpc) is 2.86. The van der Waals surface area contributed by atoms with Gasteiger partial charge in [0.2, 0.25) is 0 Å². The molecule has 1 aliphatic carbocycles. The fourth-order valence-corrected chi connectivity index (χ4v) is 4.10. The van der Waals surface area contributed by atoms with E-state index in [2.05, 4.69) is 33.0 Å². The zero-order chi connectivity index (χ0) is 15.2. The monoisotopic (exact) mass is 304 g/mol. The van der Waals surface area contributed by atoms with Crippen LogP contribution in [0.25, 0.3) is 0 Å². The summed E-state index contributed by atoms with van der Waals surface area (Å²) in [7, 11) is 0. The van der Waals surface area contributed by atoms with Gasteiger partial charge in [0, 0.05) is 25.3 Å². The lowest BCUT2D eigenvalue weighted by atomic mass is 10.00. The predicted molar refractivity (Wildman–Crippen MR) is 90.0 cm³/mol. The van der Waals surface area contributed by atoms with Crippen molar-refractivity contribution in [3.8, 4) is 0 Å². The largest absolute Gasteiger partial charge is 0.300 e. The van der Waals surface area contributed by atoms with E-state index in [0.717, 1.165) is 12.5 Å². The summed E-state index contributed by atoms with van der Waals surface area (Å²) in [6, 6.07) is 1.43. The quantitative estimate of drug-likeness (QED) is 0.772. The lowest BCUT2D eigenvalue weighted by Gasteiger charge is -2.37. The molecule has 0 unspecified atom stereocenters. The summed E-state index contributed by atoms with van der Waals surface area (Å²) in [5.41, 5.74) is 1.17. The highest BCUT2D eigenvalue weighted by Gasteiger charge is 2.26. The van der Waals surface area contributed by atoms with Gasteiger partial charge < -0.3 is 4.90 Å². The maximum absolute atomic E-state index is 4.39. The van der Waals surface area contributed by atoms with Gasteiger partial charge in [-0.05, 0) is 38.5 Å². The van der Waals surface area contributed by atoms with E-state index in [4.69, 9.17) is 0 Å². The Bertz CT molecular complexity index is 426. The van der Waals surface area contributed by atoms with Gasteiger partial charge in [-0.1, -0.05) is 44.2 Å². The van der Waals surface area contributed by atoms with Crippen molar-refractivity contribution >= 4 is 0 Å². The number of hydrogen-bond donors (Lipinski definition) is 0. The van der Waals surface area contributed by atoms with Gasteiger partial charge in [-0.15, -0.1) is 5.10 Å². The van der Waals surface area contributed by atoms with Gasteiger partial charge >= 0.3 is 0 Å². The molecule has 4 heteroatoms. The fraction of sp³-hybridized carbons (Fsp3) is 0.889. The first-order chi connectivity index (χ1) is 10.9. The molecule has 2 fully saturated rings. The molecule has 4 nitrogen and oxygen atoms in total. The van der Waals surface area contributed by atoms with Crippen molar-refractivity contribution in [1.82, 2.24) is 19.9 Å². The van der Waals surface area contributed by atoms with Crippen molar-refractivity contribution in [3.05, 3.63) is 11.9 Å². The highest BCUT2D eigenvalue weighted by molar-refractivity contribution is 4.94. The summed E-state index contributed by atoms with van der Waals surface area (Å²) in [4.78, 5) is 2.76. The van der Waals surface area contributed by atoms with Crippen molar-refractivity contribution in [3.63, 3.8) is 0 Å².